The summed E-state index contributed by atoms with van der Waals surface area (Å²) in [5.41, 5.74) is 1.83. The summed E-state index contributed by atoms with van der Waals surface area (Å²) in [5.74, 6) is 0.240. The van der Waals surface area contributed by atoms with Crippen molar-refractivity contribution in [3.63, 3.8) is 0 Å². The number of carbonyl (C=O) groups is 1. The number of rotatable bonds is 3. The van der Waals surface area contributed by atoms with Crippen LogP contribution in [0.5, 0.6) is 5.75 Å². The Kier molecular flexibility index (Phi) is 4.54. The molecule has 1 aliphatic heterocycles. The number of hydrogen-bond acceptors (Lipinski definition) is 4. The van der Waals surface area contributed by atoms with E-state index in [0.29, 0.717) is 0 Å². The smallest absolute Gasteiger partial charge is 0.244 e. The molecule has 0 aromatic heterocycles. The molecular weight excluding hydrogens is 266 g/mol. The Hall–Kier alpha value is -1.59. The minimum absolute atomic E-state index is 0.0161. The summed E-state index contributed by atoms with van der Waals surface area (Å²) in [5, 5.41) is 16.0. The van der Waals surface area contributed by atoms with E-state index in [2.05, 4.69) is 15.5 Å². The highest BCUT2D eigenvalue weighted by atomic mass is 16.3. The summed E-state index contributed by atoms with van der Waals surface area (Å²) in [6.45, 7) is 11.2. The van der Waals surface area contributed by atoms with E-state index >= 15 is 0 Å². The number of nitrogens with one attached hydrogen (secondary N) is 2. The average Bonchev–Trinajstić information content (AvgIpc) is 2.45. The quantitative estimate of drug-likeness (QED) is 0.741. The van der Waals surface area contributed by atoms with Crippen molar-refractivity contribution in [3.05, 3.63) is 23.3 Å². The third-order valence-electron chi connectivity index (χ3n) is 4.25. The van der Waals surface area contributed by atoms with Crippen LogP contribution in [0.2, 0.25) is 0 Å². The topological polar surface area (TPSA) is 64.6 Å². The highest BCUT2D eigenvalue weighted by Gasteiger charge is 2.35. The molecule has 0 bridgehead atoms. The Morgan fingerprint density at radius 1 is 1.24 bits per heavy atom. The van der Waals surface area contributed by atoms with E-state index in [0.717, 1.165) is 43.0 Å². The summed E-state index contributed by atoms with van der Waals surface area (Å²) in [6, 6.07) is 3.50. The molecule has 0 aliphatic carbocycles. The van der Waals surface area contributed by atoms with Gasteiger partial charge in [0, 0.05) is 31.9 Å². The van der Waals surface area contributed by atoms with Crippen LogP contribution >= 0.6 is 0 Å². The number of phenols is 1. The molecule has 5 heteroatoms. The number of piperazine rings is 1. The van der Waals surface area contributed by atoms with Gasteiger partial charge in [0.2, 0.25) is 5.91 Å². The summed E-state index contributed by atoms with van der Waals surface area (Å²) < 4.78 is 0. The van der Waals surface area contributed by atoms with E-state index in [9.17, 15) is 9.90 Å². The van der Waals surface area contributed by atoms with Gasteiger partial charge < -0.3 is 15.7 Å². The van der Waals surface area contributed by atoms with Gasteiger partial charge in [0.05, 0.1) is 5.54 Å². The zero-order valence-electron chi connectivity index (χ0n) is 13.3. The van der Waals surface area contributed by atoms with Crippen LogP contribution < -0.4 is 10.6 Å². The van der Waals surface area contributed by atoms with E-state index in [1.807, 2.05) is 33.8 Å². The number of hydrogen-bond donors (Lipinski definition) is 3. The first-order valence-corrected chi connectivity index (χ1v) is 7.40. The van der Waals surface area contributed by atoms with Crippen LogP contribution in [-0.4, -0.2) is 47.6 Å². The fraction of sp³-hybridized carbons (Fsp3) is 0.562. The monoisotopic (exact) mass is 291 g/mol. The lowest BCUT2D eigenvalue weighted by molar-refractivity contribution is -0.126. The predicted octanol–water partition coefficient (Wildman–Crippen LogP) is 1.63. The molecular formula is C16H25N3O2. The minimum Gasteiger partial charge on any atom is -0.508 e. The van der Waals surface area contributed by atoms with Crippen molar-refractivity contribution in [2.75, 3.05) is 31.5 Å². The average molecular weight is 291 g/mol. The maximum atomic E-state index is 12.6. The van der Waals surface area contributed by atoms with Gasteiger partial charge >= 0.3 is 0 Å². The number of aryl methyl sites for hydroxylation is 2. The first-order chi connectivity index (χ1) is 9.82. The normalized spacial score (nSPS) is 16.8. The van der Waals surface area contributed by atoms with E-state index in [4.69, 9.17) is 0 Å². The Balaban J connectivity index is 2.15. The molecule has 1 amide bonds. The number of carbonyl (C=O) groups excluding carboxylic acids is 1. The molecule has 0 saturated carbocycles. The third kappa shape index (κ3) is 3.36. The maximum Gasteiger partial charge on any atom is 0.244 e. The van der Waals surface area contributed by atoms with Crippen molar-refractivity contribution in [2.24, 2.45) is 0 Å². The standard InChI is InChI=1S/C16H25N3O2/c1-11-10-14(20)12(2)9-13(11)18-15(21)16(3,4)19-7-5-17-6-8-19/h9-10,17,20H,5-8H2,1-4H3,(H,18,21). The lowest BCUT2D eigenvalue weighted by atomic mass is 9.99. The first kappa shape index (κ1) is 15.8. The van der Waals surface area contributed by atoms with Gasteiger partial charge in [0.1, 0.15) is 5.75 Å². The lowest BCUT2D eigenvalue weighted by Gasteiger charge is -2.39. The second kappa shape index (κ2) is 6.03. The highest BCUT2D eigenvalue weighted by molar-refractivity contribution is 5.98. The second-order valence-electron chi connectivity index (χ2n) is 6.20. The summed E-state index contributed by atoms with van der Waals surface area (Å²) >= 11 is 0. The van der Waals surface area contributed by atoms with Crippen LogP contribution in [0.3, 0.4) is 0 Å². The van der Waals surface area contributed by atoms with Crippen molar-refractivity contribution < 1.29 is 9.90 Å². The molecule has 0 unspecified atom stereocenters. The van der Waals surface area contributed by atoms with Gasteiger partial charge in [-0.15, -0.1) is 0 Å². The molecule has 2 rings (SSSR count). The molecule has 5 nitrogen and oxygen atoms in total. The van der Waals surface area contributed by atoms with Crippen LogP contribution in [0.4, 0.5) is 5.69 Å². The second-order valence-corrected chi connectivity index (χ2v) is 6.20. The number of amides is 1. The van der Waals surface area contributed by atoms with Gasteiger partial charge in [0.25, 0.3) is 0 Å². The molecule has 1 aromatic carbocycles. The van der Waals surface area contributed by atoms with Gasteiger partial charge in [-0.2, -0.15) is 0 Å². The number of nitrogens with zero attached hydrogens (tertiary/aromatic N) is 1. The molecule has 0 radical (unpaired) electrons. The maximum absolute atomic E-state index is 12.6. The fourth-order valence-electron chi connectivity index (χ4n) is 2.58. The van der Waals surface area contributed by atoms with Crippen LogP contribution in [0.1, 0.15) is 25.0 Å². The number of aromatic hydroxyl groups is 1. The van der Waals surface area contributed by atoms with Gasteiger partial charge in [-0.3, -0.25) is 9.69 Å². The number of benzene rings is 1. The molecule has 1 fully saturated rings. The van der Waals surface area contributed by atoms with Crippen LogP contribution in [0.25, 0.3) is 0 Å². The number of phenolic OH excluding ortho intramolecular Hbond substituents is 1. The van der Waals surface area contributed by atoms with E-state index < -0.39 is 5.54 Å². The zero-order chi connectivity index (χ0) is 15.6. The predicted molar refractivity (Wildman–Crippen MR) is 84.7 cm³/mol. The van der Waals surface area contributed by atoms with E-state index in [1.165, 1.54) is 0 Å². The summed E-state index contributed by atoms with van der Waals surface area (Å²) in [6.07, 6.45) is 0. The number of anilines is 1. The molecule has 1 heterocycles. The van der Waals surface area contributed by atoms with Crippen molar-refractivity contribution >= 4 is 11.6 Å². The minimum atomic E-state index is -0.555. The Morgan fingerprint density at radius 2 is 1.86 bits per heavy atom. The van der Waals surface area contributed by atoms with E-state index in [1.54, 1.807) is 6.07 Å². The van der Waals surface area contributed by atoms with Gasteiger partial charge in [0.15, 0.2) is 0 Å². The Bertz CT molecular complexity index is 535. The molecule has 1 aromatic rings. The lowest BCUT2D eigenvalue weighted by Crippen LogP contribution is -2.58. The van der Waals surface area contributed by atoms with Gasteiger partial charge in [-0.25, -0.2) is 0 Å². The highest BCUT2D eigenvalue weighted by Crippen LogP contribution is 2.26. The SMILES string of the molecule is Cc1cc(NC(=O)C(C)(C)N2CCNCC2)c(C)cc1O. The fourth-order valence-corrected chi connectivity index (χ4v) is 2.58. The largest absolute Gasteiger partial charge is 0.508 e. The Labute approximate surface area is 126 Å². The van der Waals surface area contributed by atoms with Crippen LogP contribution in [0.15, 0.2) is 12.1 Å². The molecule has 0 atom stereocenters. The van der Waals surface area contributed by atoms with E-state index in [-0.39, 0.29) is 11.7 Å². The van der Waals surface area contributed by atoms with Gasteiger partial charge in [-0.1, -0.05) is 0 Å². The first-order valence-electron chi connectivity index (χ1n) is 7.40. The van der Waals surface area contributed by atoms with Crippen molar-refractivity contribution in [3.8, 4) is 5.75 Å². The molecule has 1 aliphatic rings. The molecule has 1 saturated heterocycles. The zero-order valence-corrected chi connectivity index (χ0v) is 13.3. The van der Waals surface area contributed by atoms with Crippen LogP contribution in [-0.2, 0) is 4.79 Å². The molecule has 3 N–H and O–H groups in total. The van der Waals surface area contributed by atoms with Crippen molar-refractivity contribution in [2.45, 2.75) is 33.2 Å². The third-order valence-corrected chi connectivity index (χ3v) is 4.25. The molecule has 21 heavy (non-hydrogen) atoms. The summed E-state index contributed by atoms with van der Waals surface area (Å²) in [4.78, 5) is 14.8. The van der Waals surface area contributed by atoms with Crippen molar-refractivity contribution in [1.82, 2.24) is 10.2 Å². The van der Waals surface area contributed by atoms with Crippen molar-refractivity contribution in [1.29, 1.82) is 0 Å². The summed E-state index contributed by atoms with van der Waals surface area (Å²) in [7, 11) is 0. The molecule has 0 spiro atoms. The van der Waals surface area contributed by atoms with Gasteiger partial charge in [-0.05, 0) is 51.0 Å². The van der Waals surface area contributed by atoms with Crippen LogP contribution in [0, 0.1) is 13.8 Å². The Morgan fingerprint density at radius 3 is 2.48 bits per heavy atom. The molecule has 116 valence electrons.